The van der Waals surface area contributed by atoms with Crippen molar-refractivity contribution in [3.8, 4) is 5.75 Å². The zero-order valence-corrected chi connectivity index (χ0v) is 14.3. The third kappa shape index (κ3) is 4.35. The van der Waals surface area contributed by atoms with Crippen LogP contribution in [-0.4, -0.2) is 30.0 Å². The van der Waals surface area contributed by atoms with E-state index in [9.17, 15) is 4.79 Å². The molecule has 0 saturated carbocycles. The summed E-state index contributed by atoms with van der Waals surface area (Å²) in [5.41, 5.74) is 1.30. The molecule has 2 heterocycles. The molecule has 2 aromatic rings. The monoisotopic (exact) mass is 329 g/mol. The lowest BCUT2D eigenvalue weighted by Gasteiger charge is -2.32. The number of aryl methyl sites for hydroxylation is 1. The SMILES string of the molecule is CCc1cccc(OC2CCN(C(=O)Cc3cccs3)CC2)c1. The summed E-state index contributed by atoms with van der Waals surface area (Å²) >= 11 is 1.65. The van der Waals surface area contributed by atoms with E-state index in [0.29, 0.717) is 6.42 Å². The number of piperidine rings is 1. The molecule has 0 spiro atoms. The van der Waals surface area contributed by atoms with Crippen molar-refractivity contribution in [2.45, 2.75) is 38.7 Å². The minimum absolute atomic E-state index is 0.216. The molecule has 1 fully saturated rings. The standard InChI is InChI=1S/C19H23NO2S/c1-2-15-5-3-6-17(13-15)22-16-8-10-20(11-9-16)19(21)14-18-7-4-12-23-18/h3-7,12-13,16H,2,8-11,14H2,1H3. The van der Waals surface area contributed by atoms with Crippen molar-refractivity contribution in [2.24, 2.45) is 0 Å². The van der Waals surface area contributed by atoms with Crippen molar-refractivity contribution in [1.82, 2.24) is 4.90 Å². The third-order valence-electron chi connectivity index (χ3n) is 4.31. The van der Waals surface area contributed by atoms with Gasteiger partial charge in [-0.05, 0) is 35.6 Å². The van der Waals surface area contributed by atoms with Gasteiger partial charge in [-0.2, -0.15) is 0 Å². The fourth-order valence-corrected chi connectivity index (χ4v) is 3.62. The number of carbonyl (C=O) groups is 1. The van der Waals surface area contributed by atoms with Crippen molar-refractivity contribution >= 4 is 17.2 Å². The minimum Gasteiger partial charge on any atom is -0.490 e. The Kier molecular flexibility index (Phi) is 5.34. The van der Waals surface area contributed by atoms with Gasteiger partial charge in [0.15, 0.2) is 0 Å². The Morgan fingerprint density at radius 3 is 2.78 bits per heavy atom. The van der Waals surface area contributed by atoms with Crippen LogP contribution < -0.4 is 4.74 Å². The predicted octanol–water partition coefficient (Wildman–Crippen LogP) is 3.92. The number of ether oxygens (including phenoxy) is 1. The number of thiophene rings is 1. The topological polar surface area (TPSA) is 29.5 Å². The molecule has 0 unspecified atom stereocenters. The summed E-state index contributed by atoms with van der Waals surface area (Å²) in [6, 6.07) is 12.3. The van der Waals surface area contributed by atoms with Crippen LogP contribution in [-0.2, 0) is 17.6 Å². The molecule has 1 aromatic heterocycles. The van der Waals surface area contributed by atoms with Crippen molar-refractivity contribution in [3.63, 3.8) is 0 Å². The lowest BCUT2D eigenvalue weighted by Crippen LogP contribution is -2.42. The van der Waals surface area contributed by atoms with Gasteiger partial charge in [-0.15, -0.1) is 11.3 Å². The summed E-state index contributed by atoms with van der Waals surface area (Å²) in [5.74, 6) is 1.19. The number of amides is 1. The Balaban J connectivity index is 1.49. The molecule has 3 rings (SSSR count). The van der Waals surface area contributed by atoms with Crippen LogP contribution in [0.5, 0.6) is 5.75 Å². The third-order valence-corrected chi connectivity index (χ3v) is 5.19. The van der Waals surface area contributed by atoms with E-state index in [2.05, 4.69) is 19.1 Å². The van der Waals surface area contributed by atoms with Gasteiger partial charge < -0.3 is 9.64 Å². The second-order valence-corrected chi connectivity index (χ2v) is 6.99. The molecule has 0 aliphatic carbocycles. The van der Waals surface area contributed by atoms with Crippen LogP contribution in [0.3, 0.4) is 0 Å². The second-order valence-electron chi connectivity index (χ2n) is 5.96. The molecule has 0 bridgehead atoms. The van der Waals surface area contributed by atoms with Crippen LogP contribution in [0, 0.1) is 0 Å². The van der Waals surface area contributed by atoms with E-state index < -0.39 is 0 Å². The molecule has 0 radical (unpaired) electrons. The van der Waals surface area contributed by atoms with Crippen molar-refractivity contribution in [2.75, 3.05) is 13.1 Å². The van der Waals surface area contributed by atoms with Crippen molar-refractivity contribution < 1.29 is 9.53 Å². The largest absolute Gasteiger partial charge is 0.490 e. The van der Waals surface area contributed by atoms with Crippen molar-refractivity contribution in [3.05, 3.63) is 52.2 Å². The molecule has 0 N–H and O–H groups in total. The van der Waals surface area contributed by atoms with Gasteiger partial charge in [-0.25, -0.2) is 0 Å². The minimum atomic E-state index is 0.216. The van der Waals surface area contributed by atoms with E-state index in [-0.39, 0.29) is 12.0 Å². The number of hydrogen-bond donors (Lipinski definition) is 0. The maximum Gasteiger partial charge on any atom is 0.227 e. The summed E-state index contributed by atoms with van der Waals surface area (Å²) in [4.78, 5) is 15.4. The van der Waals surface area contributed by atoms with Gasteiger partial charge >= 0.3 is 0 Å². The van der Waals surface area contributed by atoms with Crippen LogP contribution in [0.4, 0.5) is 0 Å². The fourth-order valence-electron chi connectivity index (χ4n) is 2.93. The number of rotatable bonds is 5. The Hall–Kier alpha value is -1.81. The maximum absolute atomic E-state index is 12.3. The smallest absolute Gasteiger partial charge is 0.227 e. The van der Waals surface area contributed by atoms with Gasteiger partial charge in [0.2, 0.25) is 5.91 Å². The fraction of sp³-hybridized carbons (Fsp3) is 0.421. The van der Waals surface area contributed by atoms with Gasteiger partial charge in [0.1, 0.15) is 11.9 Å². The van der Waals surface area contributed by atoms with Gasteiger partial charge in [-0.1, -0.05) is 25.1 Å². The lowest BCUT2D eigenvalue weighted by atomic mass is 10.1. The molecule has 1 saturated heterocycles. The first kappa shape index (κ1) is 16.1. The van der Waals surface area contributed by atoms with Crippen molar-refractivity contribution in [1.29, 1.82) is 0 Å². The highest BCUT2D eigenvalue weighted by Gasteiger charge is 2.24. The molecule has 1 aliphatic heterocycles. The molecule has 23 heavy (non-hydrogen) atoms. The highest BCUT2D eigenvalue weighted by Crippen LogP contribution is 2.21. The molecule has 1 amide bonds. The average Bonchev–Trinajstić information content (AvgIpc) is 3.08. The lowest BCUT2D eigenvalue weighted by molar-refractivity contribution is -0.132. The van der Waals surface area contributed by atoms with Crippen LogP contribution in [0.15, 0.2) is 41.8 Å². The van der Waals surface area contributed by atoms with E-state index >= 15 is 0 Å². The van der Waals surface area contributed by atoms with E-state index in [1.165, 1.54) is 5.56 Å². The quantitative estimate of drug-likeness (QED) is 0.832. The molecule has 1 aromatic carbocycles. The summed E-state index contributed by atoms with van der Waals surface area (Å²) in [6.45, 7) is 3.74. The van der Waals surface area contributed by atoms with Crippen LogP contribution >= 0.6 is 11.3 Å². The first-order valence-corrected chi connectivity index (χ1v) is 9.18. The van der Waals surface area contributed by atoms with Crippen LogP contribution in [0.25, 0.3) is 0 Å². The van der Waals surface area contributed by atoms with E-state index in [1.54, 1.807) is 11.3 Å². The molecular weight excluding hydrogens is 306 g/mol. The highest BCUT2D eigenvalue weighted by molar-refractivity contribution is 7.10. The Morgan fingerprint density at radius 1 is 1.26 bits per heavy atom. The Bertz CT molecular complexity index is 631. The number of carbonyl (C=O) groups excluding carboxylic acids is 1. The number of hydrogen-bond acceptors (Lipinski definition) is 3. The normalized spacial score (nSPS) is 15.6. The highest BCUT2D eigenvalue weighted by atomic mass is 32.1. The summed E-state index contributed by atoms with van der Waals surface area (Å²) < 4.78 is 6.10. The Morgan fingerprint density at radius 2 is 2.09 bits per heavy atom. The molecule has 3 nitrogen and oxygen atoms in total. The maximum atomic E-state index is 12.3. The molecule has 4 heteroatoms. The van der Waals surface area contributed by atoms with E-state index in [0.717, 1.165) is 43.0 Å². The first-order valence-electron chi connectivity index (χ1n) is 8.30. The molecule has 0 atom stereocenters. The van der Waals surface area contributed by atoms with Gasteiger partial charge in [0.25, 0.3) is 0 Å². The molecule has 1 aliphatic rings. The second kappa shape index (κ2) is 7.64. The summed E-state index contributed by atoms with van der Waals surface area (Å²) in [6.07, 6.45) is 3.58. The average molecular weight is 329 g/mol. The number of nitrogens with zero attached hydrogens (tertiary/aromatic N) is 1. The molecular formula is C19H23NO2S. The van der Waals surface area contributed by atoms with E-state index in [4.69, 9.17) is 4.74 Å². The summed E-state index contributed by atoms with van der Waals surface area (Å²) in [7, 11) is 0. The predicted molar refractivity (Wildman–Crippen MR) is 94.1 cm³/mol. The zero-order chi connectivity index (χ0) is 16.1. The van der Waals surface area contributed by atoms with Crippen LogP contribution in [0.2, 0.25) is 0 Å². The van der Waals surface area contributed by atoms with Gasteiger partial charge in [-0.3, -0.25) is 4.79 Å². The van der Waals surface area contributed by atoms with E-state index in [1.807, 2.05) is 34.5 Å². The van der Waals surface area contributed by atoms with Crippen LogP contribution in [0.1, 0.15) is 30.2 Å². The Labute approximate surface area is 141 Å². The molecule has 122 valence electrons. The van der Waals surface area contributed by atoms with Gasteiger partial charge in [0, 0.05) is 30.8 Å². The zero-order valence-electron chi connectivity index (χ0n) is 13.5. The number of benzene rings is 1. The number of likely N-dealkylation sites (tertiary alicyclic amines) is 1. The first-order chi connectivity index (χ1) is 11.2. The summed E-state index contributed by atoms with van der Waals surface area (Å²) in [5, 5.41) is 2.02. The van der Waals surface area contributed by atoms with Gasteiger partial charge in [0.05, 0.1) is 6.42 Å².